The van der Waals surface area contributed by atoms with Gasteiger partial charge in [0.15, 0.2) is 0 Å². The Morgan fingerprint density at radius 3 is 2.28 bits per heavy atom. The zero-order valence-electron chi connectivity index (χ0n) is 20.4. The van der Waals surface area contributed by atoms with Gasteiger partial charge in [0.25, 0.3) is 17.7 Å². The van der Waals surface area contributed by atoms with Gasteiger partial charge in [-0.1, -0.05) is 43.3 Å². The summed E-state index contributed by atoms with van der Waals surface area (Å²) in [5.74, 6) is -4.47. The normalized spacial score (nSPS) is 12.0. The minimum atomic E-state index is -3.04. The second-order valence-corrected chi connectivity index (χ2v) is 8.33. The van der Waals surface area contributed by atoms with Gasteiger partial charge in [0, 0.05) is 28.9 Å². The molecule has 0 spiro atoms. The highest BCUT2D eigenvalue weighted by Gasteiger charge is 2.29. The van der Waals surface area contributed by atoms with Crippen molar-refractivity contribution in [3.8, 4) is 11.3 Å². The van der Waals surface area contributed by atoms with Crippen LogP contribution in [0.1, 0.15) is 47.4 Å². The molecule has 3 rings (SSSR count). The lowest BCUT2D eigenvalue weighted by Crippen LogP contribution is -2.31. The zero-order chi connectivity index (χ0) is 26.5. The van der Waals surface area contributed by atoms with Gasteiger partial charge in [-0.3, -0.25) is 20.3 Å². The first kappa shape index (κ1) is 26.5. The number of hydrogen-bond donors (Lipinski definition) is 4. The highest BCUT2D eigenvalue weighted by molar-refractivity contribution is 6.04. The molecule has 2 aromatic carbocycles. The monoisotopic (exact) mass is 494 g/mol. The number of aromatic nitrogens is 1. The van der Waals surface area contributed by atoms with Crippen LogP contribution in [-0.2, 0) is 10.7 Å². The van der Waals surface area contributed by atoms with Crippen LogP contribution in [0.2, 0.25) is 0 Å². The topological polar surface area (TPSA) is 103 Å². The van der Waals surface area contributed by atoms with Gasteiger partial charge in [-0.15, -0.1) is 0 Å². The lowest BCUT2D eigenvalue weighted by molar-refractivity contribution is -0.114. The van der Waals surface area contributed by atoms with Gasteiger partial charge >= 0.3 is 0 Å². The van der Waals surface area contributed by atoms with Crippen molar-refractivity contribution in [2.45, 2.75) is 40.0 Å². The van der Waals surface area contributed by atoms with E-state index < -0.39 is 24.2 Å². The number of pyridine rings is 1. The van der Waals surface area contributed by atoms with Gasteiger partial charge in [0.1, 0.15) is 11.4 Å². The molecule has 188 valence electrons. The summed E-state index contributed by atoms with van der Waals surface area (Å²) in [6.07, 6.45) is -0.391. The Morgan fingerprint density at radius 1 is 1.00 bits per heavy atom. The largest absolute Gasteiger partial charge is 0.322 e. The molecule has 7 nitrogen and oxygen atoms in total. The summed E-state index contributed by atoms with van der Waals surface area (Å²) in [5.41, 5.74) is 4.98. The van der Waals surface area contributed by atoms with E-state index in [0.717, 1.165) is 22.8 Å². The Kier molecular flexibility index (Phi) is 8.16. The zero-order valence-corrected chi connectivity index (χ0v) is 20.4. The summed E-state index contributed by atoms with van der Waals surface area (Å²) in [4.78, 5) is 30.0. The van der Waals surface area contributed by atoms with Crippen molar-refractivity contribution in [3.05, 3.63) is 94.4 Å². The Labute approximate surface area is 208 Å². The maximum atomic E-state index is 14.0. The molecule has 0 saturated heterocycles. The van der Waals surface area contributed by atoms with E-state index in [4.69, 9.17) is 0 Å². The van der Waals surface area contributed by atoms with Crippen LogP contribution >= 0.6 is 0 Å². The van der Waals surface area contributed by atoms with Crippen molar-refractivity contribution in [2.24, 2.45) is 0 Å². The first-order valence-electron chi connectivity index (χ1n) is 11.3. The van der Waals surface area contributed by atoms with Gasteiger partial charge in [-0.25, -0.2) is 13.8 Å². The number of amides is 2. The third-order valence-electron chi connectivity index (χ3n) is 5.72. The van der Waals surface area contributed by atoms with Crippen LogP contribution < -0.4 is 16.1 Å². The number of nitrogens with one attached hydrogen (secondary N) is 3. The maximum Gasteiger partial charge on any atom is 0.275 e. The van der Waals surface area contributed by atoms with Crippen molar-refractivity contribution in [1.29, 1.82) is 0 Å². The molecule has 0 aliphatic rings. The van der Waals surface area contributed by atoms with Gasteiger partial charge < -0.3 is 10.6 Å². The van der Waals surface area contributed by atoms with E-state index in [2.05, 4.69) is 15.6 Å². The van der Waals surface area contributed by atoms with Crippen molar-refractivity contribution in [1.82, 2.24) is 15.8 Å². The van der Waals surface area contributed by atoms with E-state index in [1.165, 1.54) is 38.1 Å². The number of carbonyl (C=O) groups excluding carboxylic acids is 2. The van der Waals surface area contributed by atoms with Crippen molar-refractivity contribution < 1.29 is 23.6 Å². The van der Waals surface area contributed by atoms with E-state index in [1.807, 2.05) is 32.0 Å². The Bertz CT molecular complexity index is 1300. The van der Waals surface area contributed by atoms with Crippen molar-refractivity contribution in [2.75, 3.05) is 5.32 Å². The van der Waals surface area contributed by atoms with Crippen LogP contribution in [0, 0.1) is 13.8 Å². The third-order valence-corrected chi connectivity index (χ3v) is 5.72. The fraction of sp³-hybridized carbons (Fsp3) is 0.222. The summed E-state index contributed by atoms with van der Waals surface area (Å²) in [6, 6.07) is 16.2. The number of alkyl halides is 2. The fourth-order valence-corrected chi connectivity index (χ4v) is 3.74. The molecule has 0 unspecified atom stereocenters. The van der Waals surface area contributed by atoms with Crippen molar-refractivity contribution >= 4 is 17.5 Å². The molecule has 0 radical (unpaired) electrons. The van der Waals surface area contributed by atoms with Crippen LogP contribution in [0.5, 0.6) is 0 Å². The second kappa shape index (κ2) is 11.1. The van der Waals surface area contributed by atoms with E-state index >= 15 is 0 Å². The van der Waals surface area contributed by atoms with Crippen LogP contribution in [0.15, 0.2) is 72.1 Å². The molecular formula is C27H28F2N4O3. The molecule has 0 bridgehead atoms. The minimum Gasteiger partial charge on any atom is -0.322 e. The summed E-state index contributed by atoms with van der Waals surface area (Å²) in [5, 5.41) is 14.5. The summed E-state index contributed by atoms with van der Waals surface area (Å²) in [6.45, 7) is 6.69. The number of anilines is 1. The van der Waals surface area contributed by atoms with Gasteiger partial charge in [0.2, 0.25) is 0 Å². The molecule has 0 aliphatic carbocycles. The van der Waals surface area contributed by atoms with E-state index in [1.54, 1.807) is 17.6 Å². The molecule has 3 aromatic rings. The number of benzene rings is 2. The average Bonchev–Trinajstić information content (AvgIpc) is 2.84. The third kappa shape index (κ3) is 5.92. The molecule has 0 saturated carbocycles. The van der Waals surface area contributed by atoms with Gasteiger partial charge in [-0.05, 0) is 56.2 Å². The maximum absolute atomic E-state index is 14.0. The van der Waals surface area contributed by atoms with E-state index in [-0.39, 0.29) is 28.3 Å². The highest BCUT2D eigenvalue weighted by Crippen LogP contribution is 2.32. The fourth-order valence-electron chi connectivity index (χ4n) is 3.74. The van der Waals surface area contributed by atoms with Crippen LogP contribution in [-0.4, -0.2) is 22.0 Å². The average molecular weight is 495 g/mol. The molecular weight excluding hydrogens is 466 g/mol. The summed E-state index contributed by atoms with van der Waals surface area (Å²) >= 11 is 0. The predicted octanol–water partition coefficient (Wildman–Crippen LogP) is 5.45. The van der Waals surface area contributed by atoms with Crippen LogP contribution in [0.25, 0.3) is 11.3 Å². The van der Waals surface area contributed by atoms with Gasteiger partial charge in [-0.2, -0.15) is 0 Å². The van der Waals surface area contributed by atoms with Crippen LogP contribution in [0.4, 0.5) is 14.5 Å². The van der Waals surface area contributed by atoms with Crippen LogP contribution in [0.3, 0.4) is 0 Å². The summed E-state index contributed by atoms with van der Waals surface area (Å²) in [7, 11) is 0. The highest BCUT2D eigenvalue weighted by atomic mass is 19.3. The number of halogens is 2. The Morgan fingerprint density at radius 2 is 1.64 bits per heavy atom. The molecule has 0 aliphatic heterocycles. The Hall–Kier alpha value is -4.11. The van der Waals surface area contributed by atoms with E-state index in [0.29, 0.717) is 5.69 Å². The number of rotatable bonds is 8. The Balaban J connectivity index is 1.81. The standard InChI is InChI=1S/C27H28F2N4O3/c1-5-27(28,29)19-11-7-12-20(15-19)31-26(35)24(33-36)18(4)30-25(34)22-14-8-13-21(32-22)23-16(2)9-6-10-17(23)3/h6-15,33,36H,5H2,1-4H3,(H,30,34)(H,31,35)/b24-18-. The van der Waals surface area contributed by atoms with Gasteiger partial charge in [0.05, 0.1) is 5.69 Å². The quantitative estimate of drug-likeness (QED) is 0.246. The lowest BCUT2D eigenvalue weighted by atomic mass is 9.99. The number of aryl methyl sites for hydroxylation is 2. The molecule has 0 atom stereocenters. The number of hydroxylamine groups is 1. The molecule has 4 N–H and O–H groups in total. The smallest absolute Gasteiger partial charge is 0.275 e. The lowest BCUT2D eigenvalue weighted by Gasteiger charge is -2.16. The molecule has 0 fully saturated rings. The first-order valence-corrected chi connectivity index (χ1v) is 11.3. The summed E-state index contributed by atoms with van der Waals surface area (Å²) < 4.78 is 28.0. The minimum absolute atomic E-state index is 0.00863. The number of allylic oxidation sites excluding steroid dienone is 1. The molecule has 9 heteroatoms. The SMILES string of the molecule is CCC(F)(F)c1cccc(NC(=O)/C(NO)=C(\C)NC(=O)c2cccc(-c3c(C)cccc3C)n2)c1. The van der Waals surface area contributed by atoms with Crippen molar-refractivity contribution in [3.63, 3.8) is 0 Å². The number of carbonyl (C=O) groups is 2. The molecule has 1 aromatic heterocycles. The molecule has 1 heterocycles. The molecule has 2 amide bonds. The first-order chi connectivity index (χ1) is 17.1. The number of nitrogens with zero attached hydrogens (tertiary/aromatic N) is 1. The predicted molar refractivity (Wildman–Crippen MR) is 133 cm³/mol. The molecule has 36 heavy (non-hydrogen) atoms. The number of hydrogen-bond acceptors (Lipinski definition) is 5. The van der Waals surface area contributed by atoms with E-state index in [9.17, 15) is 23.6 Å². The second-order valence-electron chi connectivity index (χ2n) is 8.33.